The Morgan fingerprint density at radius 2 is 2.39 bits per heavy atom. The third kappa shape index (κ3) is 3.00. The van der Waals surface area contributed by atoms with Crippen molar-refractivity contribution in [3.63, 3.8) is 0 Å². The Morgan fingerprint density at radius 1 is 1.61 bits per heavy atom. The monoisotopic (exact) mass is 314 g/mol. The Hall–Kier alpha value is -1.14. The SMILES string of the molecule is CC1(CNc2ccc(Br)cc2[N+](=O)[O-])CCCO1. The molecule has 2 rings (SSSR count). The van der Waals surface area contributed by atoms with E-state index in [4.69, 9.17) is 4.74 Å². The molecule has 1 aliphatic heterocycles. The molecule has 1 atom stereocenters. The molecule has 1 aliphatic rings. The van der Waals surface area contributed by atoms with Crippen LogP contribution in [0, 0.1) is 10.1 Å². The van der Waals surface area contributed by atoms with Gasteiger partial charge in [0.25, 0.3) is 5.69 Å². The van der Waals surface area contributed by atoms with E-state index in [2.05, 4.69) is 21.2 Å². The van der Waals surface area contributed by atoms with Gasteiger partial charge in [0.2, 0.25) is 0 Å². The highest BCUT2D eigenvalue weighted by Gasteiger charge is 2.30. The van der Waals surface area contributed by atoms with E-state index in [-0.39, 0.29) is 16.2 Å². The van der Waals surface area contributed by atoms with Crippen molar-refractivity contribution in [3.8, 4) is 0 Å². The van der Waals surface area contributed by atoms with Gasteiger partial charge in [-0.3, -0.25) is 10.1 Å². The van der Waals surface area contributed by atoms with Crippen molar-refractivity contribution >= 4 is 27.3 Å². The summed E-state index contributed by atoms with van der Waals surface area (Å²) in [5.74, 6) is 0. The number of nitrogens with zero attached hydrogens (tertiary/aromatic N) is 1. The first-order valence-corrected chi connectivity index (χ1v) is 6.61. The van der Waals surface area contributed by atoms with Crippen LogP contribution in [0.4, 0.5) is 11.4 Å². The van der Waals surface area contributed by atoms with Gasteiger partial charge >= 0.3 is 0 Å². The molecule has 98 valence electrons. The van der Waals surface area contributed by atoms with E-state index >= 15 is 0 Å². The Morgan fingerprint density at radius 3 is 3.00 bits per heavy atom. The number of hydrogen-bond acceptors (Lipinski definition) is 4. The van der Waals surface area contributed by atoms with Crippen molar-refractivity contribution in [3.05, 3.63) is 32.8 Å². The lowest BCUT2D eigenvalue weighted by Gasteiger charge is -2.23. The van der Waals surface area contributed by atoms with Gasteiger partial charge in [-0.15, -0.1) is 0 Å². The lowest BCUT2D eigenvalue weighted by Crippen LogP contribution is -2.32. The van der Waals surface area contributed by atoms with E-state index in [9.17, 15) is 10.1 Å². The van der Waals surface area contributed by atoms with Crippen LogP contribution in [0.3, 0.4) is 0 Å². The number of benzene rings is 1. The van der Waals surface area contributed by atoms with Crippen LogP contribution in [0.1, 0.15) is 19.8 Å². The normalized spacial score (nSPS) is 23.0. The Balaban J connectivity index is 2.11. The van der Waals surface area contributed by atoms with E-state index in [1.54, 1.807) is 12.1 Å². The molecule has 6 heteroatoms. The molecule has 0 amide bonds. The third-order valence-electron chi connectivity index (χ3n) is 3.11. The van der Waals surface area contributed by atoms with Crippen molar-refractivity contribution in [1.29, 1.82) is 0 Å². The second kappa shape index (κ2) is 5.24. The Kier molecular flexibility index (Phi) is 3.87. The minimum absolute atomic E-state index is 0.0750. The highest BCUT2D eigenvalue weighted by Crippen LogP contribution is 2.30. The summed E-state index contributed by atoms with van der Waals surface area (Å²) in [6.45, 7) is 3.37. The summed E-state index contributed by atoms with van der Waals surface area (Å²) in [6, 6.07) is 4.99. The van der Waals surface area contributed by atoms with Gasteiger partial charge in [-0.1, -0.05) is 15.9 Å². The number of ether oxygens (including phenoxy) is 1. The van der Waals surface area contributed by atoms with E-state index < -0.39 is 0 Å². The van der Waals surface area contributed by atoms with Gasteiger partial charge in [-0.2, -0.15) is 0 Å². The second-order valence-corrected chi connectivity index (χ2v) is 5.59. The van der Waals surface area contributed by atoms with Gasteiger partial charge in [-0.25, -0.2) is 0 Å². The molecule has 5 nitrogen and oxygen atoms in total. The molecular weight excluding hydrogens is 300 g/mol. The molecule has 1 heterocycles. The molecule has 0 aliphatic carbocycles. The maximum absolute atomic E-state index is 11.0. The molecule has 0 aromatic heterocycles. The van der Waals surface area contributed by atoms with E-state index in [0.717, 1.165) is 19.4 Å². The van der Waals surface area contributed by atoms with Crippen molar-refractivity contribution in [1.82, 2.24) is 0 Å². The van der Waals surface area contributed by atoms with Gasteiger partial charge in [0.15, 0.2) is 0 Å². The van der Waals surface area contributed by atoms with Gasteiger partial charge in [-0.05, 0) is 31.9 Å². The number of anilines is 1. The molecule has 1 saturated heterocycles. The van der Waals surface area contributed by atoms with Crippen LogP contribution < -0.4 is 5.32 Å². The number of hydrogen-bond donors (Lipinski definition) is 1. The summed E-state index contributed by atoms with van der Waals surface area (Å²) in [7, 11) is 0. The van der Waals surface area contributed by atoms with Crippen LogP contribution in [0.15, 0.2) is 22.7 Å². The average Bonchev–Trinajstić information content (AvgIpc) is 2.75. The van der Waals surface area contributed by atoms with E-state index in [1.165, 1.54) is 6.07 Å². The lowest BCUT2D eigenvalue weighted by molar-refractivity contribution is -0.384. The summed E-state index contributed by atoms with van der Waals surface area (Å²) in [6.07, 6.45) is 2.02. The molecule has 1 N–H and O–H groups in total. The maximum atomic E-state index is 11.0. The number of rotatable bonds is 4. The summed E-state index contributed by atoms with van der Waals surface area (Å²) in [5, 5.41) is 14.1. The minimum Gasteiger partial charge on any atom is -0.377 e. The van der Waals surface area contributed by atoms with E-state index in [0.29, 0.717) is 16.7 Å². The zero-order valence-electron chi connectivity index (χ0n) is 10.1. The summed E-state index contributed by atoms with van der Waals surface area (Å²) < 4.78 is 6.34. The molecule has 0 spiro atoms. The van der Waals surface area contributed by atoms with Crippen LogP contribution in [0.25, 0.3) is 0 Å². The number of nitro benzene ring substituents is 1. The Bertz CT molecular complexity index is 459. The first kappa shape index (κ1) is 13.3. The first-order chi connectivity index (χ1) is 8.50. The largest absolute Gasteiger partial charge is 0.377 e. The van der Waals surface area contributed by atoms with Crippen molar-refractivity contribution < 1.29 is 9.66 Å². The first-order valence-electron chi connectivity index (χ1n) is 5.82. The van der Waals surface area contributed by atoms with Crippen LogP contribution >= 0.6 is 15.9 Å². The quantitative estimate of drug-likeness (QED) is 0.684. The fourth-order valence-electron chi connectivity index (χ4n) is 2.06. The van der Waals surface area contributed by atoms with Gasteiger partial charge in [0.1, 0.15) is 5.69 Å². The second-order valence-electron chi connectivity index (χ2n) is 4.67. The van der Waals surface area contributed by atoms with Gasteiger partial charge in [0.05, 0.1) is 10.5 Å². The molecule has 18 heavy (non-hydrogen) atoms. The predicted molar refractivity (Wildman–Crippen MR) is 72.9 cm³/mol. The molecular formula is C12H15BrN2O3. The highest BCUT2D eigenvalue weighted by molar-refractivity contribution is 9.10. The highest BCUT2D eigenvalue weighted by atomic mass is 79.9. The molecule has 0 saturated carbocycles. The fourth-order valence-corrected chi connectivity index (χ4v) is 2.41. The number of nitro groups is 1. The topological polar surface area (TPSA) is 64.4 Å². The molecule has 0 bridgehead atoms. The van der Waals surface area contributed by atoms with Crippen molar-refractivity contribution in [2.75, 3.05) is 18.5 Å². The van der Waals surface area contributed by atoms with E-state index in [1.807, 2.05) is 6.92 Å². The lowest BCUT2D eigenvalue weighted by atomic mass is 10.0. The fraction of sp³-hybridized carbons (Fsp3) is 0.500. The van der Waals surface area contributed by atoms with Crippen LogP contribution in [-0.2, 0) is 4.74 Å². The predicted octanol–water partition coefficient (Wildman–Crippen LogP) is 3.34. The standard InChI is InChI=1S/C12H15BrN2O3/c1-12(5-2-6-18-12)8-14-10-4-3-9(13)7-11(10)15(16)17/h3-4,7,14H,2,5-6,8H2,1H3. The maximum Gasteiger partial charge on any atom is 0.293 e. The van der Waals surface area contributed by atoms with Crippen LogP contribution in [-0.4, -0.2) is 23.7 Å². The average molecular weight is 315 g/mol. The molecule has 1 aromatic rings. The summed E-state index contributed by atoms with van der Waals surface area (Å²) in [4.78, 5) is 10.6. The number of nitrogens with one attached hydrogen (secondary N) is 1. The van der Waals surface area contributed by atoms with Crippen LogP contribution in [0.5, 0.6) is 0 Å². The third-order valence-corrected chi connectivity index (χ3v) is 3.60. The minimum atomic E-state index is -0.384. The number of halogens is 1. The van der Waals surface area contributed by atoms with Crippen molar-refractivity contribution in [2.24, 2.45) is 0 Å². The smallest absolute Gasteiger partial charge is 0.293 e. The summed E-state index contributed by atoms with van der Waals surface area (Å²) in [5.41, 5.74) is 0.381. The summed E-state index contributed by atoms with van der Waals surface area (Å²) >= 11 is 3.24. The zero-order chi connectivity index (χ0) is 13.2. The van der Waals surface area contributed by atoms with Gasteiger partial charge < -0.3 is 10.1 Å². The Labute approximate surface area is 114 Å². The molecule has 1 aromatic carbocycles. The molecule has 1 unspecified atom stereocenters. The van der Waals surface area contributed by atoms with Gasteiger partial charge in [0, 0.05) is 23.7 Å². The van der Waals surface area contributed by atoms with Crippen molar-refractivity contribution in [2.45, 2.75) is 25.4 Å². The zero-order valence-corrected chi connectivity index (χ0v) is 11.7. The molecule has 0 radical (unpaired) electrons. The molecule has 1 fully saturated rings. The van der Waals surface area contributed by atoms with Crippen LogP contribution in [0.2, 0.25) is 0 Å².